The number of halogens is 3. The predicted molar refractivity (Wildman–Crippen MR) is 91.0 cm³/mol. The molecule has 0 saturated carbocycles. The molecular weight excluding hydrogens is 385 g/mol. The molecule has 6 nitrogen and oxygen atoms in total. The third-order valence-electron chi connectivity index (χ3n) is 3.59. The molecule has 10 heteroatoms. The highest BCUT2D eigenvalue weighted by molar-refractivity contribution is 8.18. The maximum atomic E-state index is 13.1. The minimum atomic E-state index is -4.55. The number of thioether (sulfide) groups is 1. The Bertz CT molecular complexity index is 965. The number of hydrogen-bond acceptors (Lipinski definition) is 5. The number of alkyl halides is 3. The number of amides is 3. The van der Waals surface area contributed by atoms with E-state index in [0.29, 0.717) is 16.7 Å². The molecular formula is C17H11F3N2O4S. The number of nitrogens with zero attached hydrogens (tertiary/aromatic N) is 1. The van der Waals surface area contributed by atoms with E-state index >= 15 is 0 Å². The number of rotatable bonds is 4. The summed E-state index contributed by atoms with van der Waals surface area (Å²) in [5.74, 6) is -1.52. The van der Waals surface area contributed by atoms with Crippen LogP contribution < -0.4 is 5.73 Å². The summed E-state index contributed by atoms with van der Waals surface area (Å²) in [4.78, 5) is 35.5. The van der Waals surface area contributed by atoms with Crippen molar-refractivity contribution in [1.82, 2.24) is 4.90 Å². The monoisotopic (exact) mass is 396 g/mol. The second-order valence-corrected chi connectivity index (χ2v) is 6.47. The van der Waals surface area contributed by atoms with Crippen molar-refractivity contribution < 1.29 is 32.0 Å². The van der Waals surface area contributed by atoms with E-state index in [0.717, 1.165) is 6.07 Å². The zero-order valence-corrected chi connectivity index (χ0v) is 14.3. The van der Waals surface area contributed by atoms with Crippen molar-refractivity contribution >= 4 is 34.9 Å². The molecule has 1 aliphatic heterocycles. The summed E-state index contributed by atoms with van der Waals surface area (Å²) in [6.45, 7) is -0.551. The first-order chi connectivity index (χ1) is 12.7. The first-order valence-corrected chi connectivity index (χ1v) is 8.28. The van der Waals surface area contributed by atoms with Crippen LogP contribution in [0.1, 0.15) is 11.3 Å². The van der Waals surface area contributed by atoms with Gasteiger partial charge in [0.15, 0.2) is 0 Å². The molecule has 0 unspecified atom stereocenters. The number of nitrogens with two attached hydrogens (primary N) is 1. The molecule has 3 rings (SSSR count). The number of hydrogen-bond donors (Lipinski definition) is 1. The molecule has 140 valence electrons. The average molecular weight is 396 g/mol. The Kier molecular flexibility index (Phi) is 4.83. The van der Waals surface area contributed by atoms with Gasteiger partial charge in [0.25, 0.3) is 11.1 Å². The topological polar surface area (TPSA) is 93.6 Å². The molecule has 27 heavy (non-hydrogen) atoms. The molecule has 0 atom stereocenters. The summed E-state index contributed by atoms with van der Waals surface area (Å²) >= 11 is 0.582. The number of imide groups is 1. The third-order valence-corrected chi connectivity index (χ3v) is 4.49. The number of carbonyl (C=O) groups is 3. The number of benzene rings is 1. The molecule has 1 aromatic heterocycles. The predicted octanol–water partition coefficient (Wildman–Crippen LogP) is 3.49. The van der Waals surface area contributed by atoms with Crippen LogP contribution in [0.15, 0.2) is 45.7 Å². The van der Waals surface area contributed by atoms with Crippen LogP contribution in [0, 0.1) is 0 Å². The van der Waals surface area contributed by atoms with Gasteiger partial charge in [-0.1, -0.05) is 18.2 Å². The van der Waals surface area contributed by atoms with Gasteiger partial charge in [-0.25, -0.2) is 0 Å². The minimum Gasteiger partial charge on any atom is -0.457 e. The van der Waals surface area contributed by atoms with E-state index in [4.69, 9.17) is 10.2 Å². The van der Waals surface area contributed by atoms with Crippen molar-refractivity contribution in [2.45, 2.75) is 6.18 Å². The van der Waals surface area contributed by atoms with Gasteiger partial charge in [0, 0.05) is 11.6 Å². The molecule has 0 aliphatic carbocycles. The fourth-order valence-electron chi connectivity index (χ4n) is 2.44. The normalized spacial score (nSPS) is 16.4. The Labute approximate surface area is 154 Å². The maximum absolute atomic E-state index is 13.1. The average Bonchev–Trinajstić information content (AvgIpc) is 3.15. The second-order valence-electron chi connectivity index (χ2n) is 5.48. The van der Waals surface area contributed by atoms with Crippen molar-refractivity contribution in [2.24, 2.45) is 5.73 Å². The number of primary amides is 1. The summed E-state index contributed by atoms with van der Waals surface area (Å²) in [5.41, 5.74) is 3.99. The lowest BCUT2D eigenvalue weighted by Crippen LogP contribution is -2.36. The van der Waals surface area contributed by atoms with Gasteiger partial charge in [0.05, 0.1) is 10.5 Å². The lowest BCUT2D eigenvalue weighted by Gasteiger charge is -2.10. The summed E-state index contributed by atoms with van der Waals surface area (Å²) in [6, 6.07) is 7.64. The van der Waals surface area contributed by atoms with E-state index in [1.165, 1.54) is 36.4 Å². The standard InChI is InChI=1S/C17H11F3N2O4S/c18-17(19,20)11-4-2-1-3-10(11)12-6-5-9(26-12)7-13-15(24)22(8-14(21)23)16(25)27-13/h1-7H,8H2,(H2,21,23)/b13-7-. The van der Waals surface area contributed by atoms with Crippen molar-refractivity contribution in [3.05, 3.63) is 52.6 Å². The first kappa shape index (κ1) is 18.8. The van der Waals surface area contributed by atoms with Crippen molar-refractivity contribution in [2.75, 3.05) is 6.54 Å². The van der Waals surface area contributed by atoms with Crippen molar-refractivity contribution in [3.63, 3.8) is 0 Å². The first-order valence-electron chi connectivity index (χ1n) is 7.47. The molecule has 1 aromatic carbocycles. The summed E-state index contributed by atoms with van der Waals surface area (Å²) in [6.07, 6.45) is -3.33. The van der Waals surface area contributed by atoms with Gasteiger partial charge in [-0.3, -0.25) is 19.3 Å². The highest BCUT2D eigenvalue weighted by Crippen LogP contribution is 2.38. The van der Waals surface area contributed by atoms with Crippen LogP contribution in [0.4, 0.5) is 18.0 Å². The smallest absolute Gasteiger partial charge is 0.417 e. The zero-order chi connectivity index (χ0) is 19.8. The van der Waals surface area contributed by atoms with Gasteiger partial charge < -0.3 is 10.2 Å². The van der Waals surface area contributed by atoms with E-state index in [1.54, 1.807) is 0 Å². The van der Waals surface area contributed by atoms with Gasteiger partial charge in [0.2, 0.25) is 5.91 Å². The van der Waals surface area contributed by atoms with E-state index in [9.17, 15) is 27.6 Å². The van der Waals surface area contributed by atoms with Gasteiger partial charge in [-0.15, -0.1) is 0 Å². The van der Waals surface area contributed by atoms with Crippen LogP contribution >= 0.6 is 11.8 Å². The van der Waals surface area contributed by atoms with Crippen molar-refractivity contribution in [1.29, 1.82) is 0 Å². The molecule has 0 bridgehead atoms. The Balaban J connectivity index is 1.90. The second kappa shape index (κ2) is 6.95. The van der Waals surface area contributed by atoms with E-state index in [1.807, 2.05) is 0 Å². The van der Waals surface area contributed by atoms with E-state index in [-0.39, 0.29) is 22.0 Å². The lowest BCUT2D eigenvalue weighted by molar-refractivity contribution is -0.137. The minimum absolute atomic E-state index is 0.0220. The molecule has 1 fully saturated rings. The Hall–Kier alpha value is -3.01. The molecule has 2 N–H and O–H groups in total. The lowest BCUT2D eigenvalue weighted by atomic mass is 10.1. The molecule has 0 radical (unpaired) electrons. The van der Waals surface area contributed by atoms with Gasteiger partial charge >= 0.3 is 6.18 Å². The quantitative estimate of drug-likeness (QED) is 0.799. The molecule has 1 saturated heterocycles. The highest BCUT2D eigenvalue weighted by Gasteiger charge is 2.36. The summed E-state index contributed by atoms with van der Waals surface area (Å²) in [5, 5.41) is -0.667. The zero-order valence-electron chi connectivity index (χ0n) is 13.4. The Morgan fingerprint density at radius 2 is 1.89 bits per heavy atom. The molecule has 2 heterocycles. The van der Waals surface area contributed by atoms with E-state index < -0.39 is 35.3 Å². The fourth-order valence-corrected chi connectivity index (χ4v) is 3.26. The SMILES string of the molecule is NC(=O)CN1C(=O)S/C(=C\c2ccc(-c3ccccc3C(F)(F)F)o2)C1=O. The number of carbonyl (C=O) groups excluding carboxylic acids is 3. The summed E-state index contributed by atoms with van der Waals surface area (Å²) in [7, 11) is 0. The fraction of sp³-hybridized carbons (Fsp3) is 0.118. The summed E-state index contributed by atoms with van der Waals surface area (Å²) < 4.78 is 44.8. The molecule has 2 aromatic rings. The van der Waals surface area contributed by atoms with Gasteiger partial charge in [-0.2, -0.15) is 13.2 Å². The van der Waals surface area contributed by atoms with Crippen LogP contribution in [0.25, 0.3) is 17.4 Å². The van der Waals surface area contributed by atoms with Crippen LogP contribution in [0.2, 0.25) is 0 Å². The van der Waals surface area contributed by atoms with Gasteiger partial charge in [-0.05, 0) is 30.0 Å². The molecule has 0 spiro atoms. The van der Waals surface area contributed by atoms with E-state index in [2.05, 4.69) is 0 Å². The highest BCUT2D eigenvalue weighted by atomic mass is 32.2. The van der Waals surface area contributed by atoms with Gasteiger partial charge in [0.1, 0.15) is 18.1 Å². The molecule has 3 amide bonds. The maximum Gasteiger partial charge on any atom is 0.417 e. The van der Waals surface area contributed by atoms with Crippen molar-refractivity contribution in [3.8, 4) is 11.3 Å². The van der Waals surface area contributed by atoms with Crippen LogP contribution in [0.5, 0.6) is 0 Å². The van der Waals surface area contributed by atoms with Crippen LogP contribution in [-0.2, 0) is 15.8 Å². The Morgan fingerprint density at radius 3 is 2.56 bits per heavy atom. The molecule has 1 aliphatic rings. The van der Waals surface area contributed by atoms with Crippen LogP contribution in [0.3, 0.4) is 0 Å². The third kappa shape index (κ3) is 3.90. The van der Waals surface area contributed by atoms with Crippen LogP contribution in [-0.4, -0.2) is 28.5 Å². The Morgan fingerprint density at radius 1 is 1.19 bits per heavy atom. The number of furan rings is 1. The largest absolute Gasteiger partial charge is 0.457 e.